The van der Waals surface area contributed by atoms with Crippen molar-refractivity contribution in [2.75, 3.05) is 6.61 Å². The molecule has 112 valence electrons. The second-order valence-corrected chi connectivity index (χ2v) is 6.23. The lowest BCUT2D eigenvalue weighted by atomic mass is 9.98. The van der Waals surface area contributed by atoms with Gasteiger partial charge in [-0.05, 0) is 17.7 Å². The molecule has 1 aromatic carbocycles. The van der Waals surface area contributed by atoms with Gasteiger partial charge >= 0.3 is 4.87 Å². The average molecular weight is 316 g/mol. The summed E-state index contributed by atoms with van der Waals surface area (Å²) < 4.78 is 29.9. The summed E-state index contributed by atoms with van der Waals surface area (Å²) >= 11 is 0.914. The van der Waals surface area contributed by atoms with Crippen molar-refractivity contribution >= 4 is 21.6 Å². The Morgan fingerprint density at radius 1 is 1.50 bits per heavy atom. The van der Waals surface area contributed by atoms with Crippen LogP contribution in [0.1, 0.15) is 22.1 Å². The molecule has 0 spiro atoms. The van der Waals surface area contributed by atoms with E-state index in [1.807, 2.05) is 0 Å². The van der Waals surface area contributed by atoms with E-state index in [-0.39, 0.29) is 6.04 Å². The van der Waals surface area contributed by atoms with Gasteiger partial charge in [-0.25, -0.2) is 0 Å². The lowest BCUT2D eigenvalue weighted by Crippen LogP contribution is -2.21. The smallest absolute Gasteiger partial charge is 0.307 e. The molecular formula is C16H15N3O2S. The molecule has 0 bridgehead atoms. The Bertz CT molecular complexity index is 1030. The Labute approximate surface area is 135 Å². The molecule has 2 N–H and O–H groups in total. The van der Waals surface area contributed by atoms with Crippen LogP contribution < -0.4 is 15.3 Å². The number of ether oxygens (including phenoxy) is 1. The van der Waals surface area contributed by atoms with Crippen LogP contribution in [0.3, 0.4) is 0 Å². The normalized spacial score (nSPS) is 19.9. The summed E-state index contributed by atoms with van der Waals surface area (Å²) in [5, 5.41) is 0. The first-order valence-corrected chi connectivity index (χ1v) is 7.70. The van der Waals surface area contributed by atoms with Crippen LogP contribution in [0.2, 0.25) is 0 Å². The molecule has 1 aliphatic rings. The number of hydrogen-bond donors (Lipinski definition) is 1. The standard InChI is InChI=1S/C16H15N3O2S/c1-19-13-3-2-9(6-14(13)22-16(19)20)10-7-18-8-11-12(17)4-5-21-15(10)11/h2-3,6-8,12H,4-5,17H2,1H3/t12-/m1/s1/i1D3. The summed E-state index contributed by atoms with van der Waals surface area (Å²) in [7, 11) is 0. The minimum absolute atomic E-state index is 0.118. The van der Waals surface area contributed by atoms with E-state index in [1.54, 1.807) is 30.6 Å². The third-order valence-corrected chi connectivity index (χ3v) is 4.79. The van der Waals surface area contributed by atoms with E-state index in [2.05, 4.69) is 4.98 Å². The predicted molar refractivity (Wildman–Crippen MR) is 87.3 cm³/mol. The average Bonchev–Trinajstić information content (AvgIpc) is 2.89. The summed E-state index contributed by atoms with van der Waals surface area (Å²) in [6.45, 7) is -1.96. The minimum Gasteiger partial charge on any atom is -0.492 e. The predicted octanol–water partition coefficient (Wildman–Crippen LogP) is 2.44. The van der Waals surface area contributed by atoms with Crippen LogP contribution >= 0.6 is 11.3 Å². The van der Waals surface area contributed by atoms with Crippen LogP contribution in [0.4, 0.5) is 0 Å². The Kier molecular flexibility index (Phi) is 2.36. The third-order valence-electron chi connectivity index (χ3n) is 3.89. The molecule has 0 fully saturated rings. The molecule has 1 atom stereocenters. The highest BCUT2D eigenvalue weighted by atomic mass is 32.1. The fraction of sp³-hybridized carbons (Fsp3) is 0.250. The zero-order valence-electron chi connectivity index (χ0n) is 14.6. The van der Waals surface area contributed by atoms with Crippen molar-refractivity contribution in [1.82, 2.24) is 9.55 Å². The second kappa shape index (κ2) is 4.93. The Morgan fingerprint density at radius 3 is 3.27 bits per heavy atom. The number of aryl methyl sites for hydroxylation is 1. The lowest BCUT2D eigenvalue weighted by Gasteiger charge is -2.24. The molecule has 0 amide bonds. The van der Waals surface area contributed by atoms with Gasteiger partial charge in [0.05, 0.1) is 16.8 Å². The molecule has 0 aliphatic carbocycles. The molecule has 0 unspecified atom stereocenters. The number of hydrogen-bond acceptors (Lipinski definition) is 5. The highest BCUT2D eigenvalue weighted by molar-refractivity contribution is 7.16. The van der Waals surface area contributed by atoms with Crippen LogP contribution in [0, 0.1) is 0 Å². The molecule has 22 heavy (non-hydrogen) atoms. The molecule has 2 aromatic heterocycles. The van der Waals surface area contributed by atoms with Crippen molar-refractivity contribution in [3.63, 3.8) is 0 Å². The molecule has 0 radical (unpaired) electrons. The Hall–Kier alpha value is -2.18. The Morgan fingerprint density at radius 2 is 2.41 bits per heavy atom. The van der Waals surface area contributed by atoms with Crippen molar-refractivity contribution in [2.45, 2.75) is 12.5 Å². The van der Waals surface area contributed by atoms with Gasteiger partial charge in [-0.1, -0.05) is 17.4 Å². The van der Waals surface area contributed by atoms with Crippen molar-refractivity contribution in [2.24, 2.45) is 12.7 Å². The van der Waals surface area contributed by atoms with E-state index in [0.717, 1.165) is 39.0 Å². The molecule has 0 saturated carbocycles. The third kappa shape index (κ3) is 1.95. The van der Waals surface area contributed by atoms with Crippen LogP contribution in [0.25, 0.3) is 21.3 Å². The fourth-order valence-electron chi connectivity index (χ4n) is 2.73. The molecule has 4 rings (SSSR count). The fourth-order valence-corrected chi connectivity index (χ4v) is 3.55. The summed E-state index contributed by atoms with van der Waals surface area (Å²) in [6, 6.07) is 5.10. The summed E-state index contributed by atoms with van der Waals surface area (Å²) in [6.07, 6.45) is 4.15. The van der Waals surface area contributed by atoms with Crippen LogP contribution in [0.15, 0.2) is 35.4 Å². The van der Waals surface area contributed by atoms with Gasteiger partial charge in [0, 0.05) is 47.1 Å². The first-order chi connectivity index (χ1) is 11.9. The number of rotatable bonds is 1. The van der Waals surface area contributed by atoms with E-state index in [0.29, 0.717) is 22.6 Å². The minimum atomic E-state index is -2.50. The summed E-state index contributed by atoms with van der Waals surface area (Å²) in [4.78, 5) is 15.8. The number of pyridine rings is 1. The van der Waals surface area contributed by atoms with Gasteiger partial charge in [-0.2, -0.15) is 0 Å². The first kappa shape index (κ1) is 10.5. The topological polar surface area (TPSA) is 70.1 Å². The van der Waals surface area contributed by atoms with Gasteiger partial charge in [0.25, 0.3) is 0 Å². The SMILES string of the molecule is [2H]C([2H])([2H])n1c(=O)sc2cc(-c3cncc4c3OCC[C@H]4N)ccc21. The van der Waals surface area contributed by atoms with Crippen LogP contribution in [-0.4, -0.2) is 16.2 Å². The summed E-state index contributed by atoms with van der Waals surface area (Å²) in [5.74, 6) is 0.704. The molecule has 0 saturated heterocycles. The largest absolute Gasteiger partial charge is 0.492 e. The lowest BCUT2D eigenvalue weighted by molar-refractivity contribution is 0.269. The van der Waals surface area contributed by atoms with Crippen LogP contribution in [-0.2, 0) is 6.98 Å². The van der Waals surface area contributed by atoms with E-state index in [1.165, 1.54) is 0 Å². The van der Waals surface area contributed by atoms with Crippen LogP contribution in [0.5, 0.6) is 5.75 Å². The number of aromatic nitrogens is 2. The van der Waals surface area contributed by atoms with Crippen molar-refractivity contribution in [3.05, 3.63) is 45.8 Å². The van der Waals surface area contributed by atoms with E-state index < -0.39 is 11.8 Å². The molecule has 3 heterocycles. The highest BCUT2D eigenvalue weighted by Crippen LogP contribution is 2.39. The van der Waals surface area contributed by atoms with Gasteiger partial charge in [0.1, 0.15) is 5.75 Å². The summed E-state index contributed by atoms with van der Waals surface area (Å²) in [5.41, 5.74) is 8.98. The number of nitrogens with zero attached hydrogens (tertiary/aromatic N) is 2. The van der Waals surface area contributed by atoms with E-state index in [4.69, 9.17) is 14.6 Å². The van der Waals surface area contributed by atoms with Crippen molar-refractivity contribution in [1.29, 1.82) is 0 Å². The van der Waals surface area contributed by atoms with Gasteiger partial charge in [-0.3, -0.25) is 9.78 Å². The van der Waals surface area contributed by atoms with Gasteiger partial charge in [0.2, 0.25) is 0 Å². The van der Waals surface area contributed by atoms with Crippen molar-refractivity contribution < 1.29 is 8.85 Å². The molecular weight excluding hydrogens is 298 g/mol. The monoisotopic (exact) mass is 316 g/mol. The van der Waals surface area contributed by atoms with Crippen molar-refractivity contribution in [3.8, 4) is 16.9 Å². The van der Waals surface area contributed by atoms with Gasteiger partial charge in [0.15, 0.2) is 0 Å². The van der Waals surface area contributed by atoms with E-state index >= 15 is 0 Å². The molecule has 5 nitrogen and oxygen atoms in total. The van der Waals surface area contributed by atoms with E-state index in [9.17, 15) is 4.79 Å². The maximum Gasteiger partial charge on any atom is 0.307 e. The number of nitrogens with two attached hydrogens (primary N) is 1. The highest BCUT2D eigenvalue weighted by Gasteiger charge is 2.22. The first-order valence-electron chi connectivity index (χ1n) is 8.39. The number of fused-ring (bicyclic) bond motifs is 2. The molecule has 1 aliphatic heterocycles. The molecule has 3 aromatic rings. The Balaban J connectivity index is 1.90. The maximum atomic E-state index is 12.1. The zero-order chi connectivity index (χ0) is 17.8. The maximum absolute atomic E-state index is 12.1. The quantitative estimate of drug-likeness (QED) is 0.748. The van der Waals surface area contributed by atoms with Gasteiger partial charge in [-0.15, -0.1) is 0 Å². The van der Waals surface area contributed by atoms with Gasteiger partial charge < -0.3 is 15.0 Å². The number of thiazole rings is 1. The molecule has 6 heteroatoms. The number of benzene rings is 1. The zero-order valence-corrected chi connectivity index (χ0v) is 12.4. The second-order valence-electron chi connectivity index (χ2n) is 5.23.